The van der Waals surface area contributed by atoms with Crippen LogP contribution in [-0.4, -0.2) is 48.2 Å². The Kier molecular flexibility index (Phi) is 6.12. The first-order valence-corrected chi connectivity index (χ1v) is 10.6. The molecule has 0 aromatic heterocycles. The molecule has 0 spiro atoms. The molecule has 2 aromatic carbocycles. The molecule has 2 aliphatic heterocycles. The second-order valence-corrected chi connectivity index (χ2v) is 7.75. The van der Waals surface area contributed by atoms with E-state index < -0.39 is 6.10 Å². The lowest BCUT2D eigenvalue weighted by atomic mass is 10.1. The van der Waals surface area contributed by atoms with E-state index in [4.69, 9.17) is 4.74 Å². The zero-order valence-corrected chi connectivity index (χ0v) is 17.0. The van der Waals surface area contributed by atoms with Crippen LogP contribution in [-0.2, 0) is 9.59 Å². The molecule has 0 unspecified atom stereocenters. The average molecular weight is 406 g/mol. The number of hydrogen-bond donors (Lipinski definition) is 0. The van der Waals surface area contributed by atoms with E-state index in [0.29, 0.717) is 17.0 Å². The minimum absolute atomic E-state index is 0.0635. The topological polar surface area (TPSA) is 66.9 Å². The maximum Gasteiger partial charge on any atom is 0.265 e. The molecular formula is C24H26N2O4. The van der Waals surface area contributed by atoms with Crippen molar-refractivity contribution in [3.63, 3.8) is 0 Å². The zero-order valence-electron chi connectivity index (χ0n) is 17.0. The highest BCUT2D eigenvalue weighted by molar-refractivity contribution is 6.02. The van der Waals surface area contributed by atoms with Crippen LogP contribution >= 0.6 is 0 Å². The Morgan fingerprint density at radius 2 is 1.57 bits per heavy atom. The molecule has 30 heavy (non-hydrogen) atoms. The van der Waals surface area contributed by atoms with Gasteiger partial charge in [-0.1, -0.05) is 42.5 Å². The van der Waals surface area contributed by atoms with Crippen molar-refractivity contribution in [2.45, 2.75) is 38.2 Å². The van der Waals surface area contributed by atoms with Crippen LogP contribution in [0, 0.1) is 0 Å². The van der Waals surface area contributed by atoms with Crippen molar-refractivity contribution in [1.29, 1.82) is 0 Å². The summed E-state index contributed by atoms with van der Waals surface area (Å²) < 4.78 is 5.97. The van der Waals surface area contributed by atoms with Crippen LogP contribution < -0.4 is 9.64 Å². The fourth-order valence-corrected chi connectivity index (χ4v) is 4.04. The van der Waals surface area contributed by atoms with Gasteiger partial charge in [0, 0.05) is 31.5 Å². The molecule has 6 heteroatoms. The first kappa shape index (κ1) is 20.1. The number of carbonyl (C=O) groups is 3. The summed E-state index contributed by atoms with van der Waals surface area (Å²) in [4.78, 5) is 41.9. The fourth-order valence-electron chi connectivity index (χ4n) is 4.04. The lowest BCUT2D eigenvalue weighted by Crippen LogP contribution is -2.52. The molecule has 0 bridgehead atoms. The normalized spacial score (nSPS) is 18.3. The molecule has 2 aromatic rings. The van der Waals surface area contributed by atoms with Crippen LogP contribution in [0.3, 0.4) is 0 Å². The Balaban J connectivity index is 1.47. The summed E-state index contributed by atoms with van der Waals surface area (Å²) >= 11 is 0. The monoisotopic (exact) mass is 406 g/mol. The highest BCUT2D eigenvalue weighted by Crippen LogP contribution is 2.34. The van der Waals surface area contributed by atoms with E-state index in [-0.39, 0.29) is 37.0 Å². The van der Waals surface area contributed by atoms with E-state index in [1.54, 1.807) is 23.1 Å². The van der Waals surface area contributed by atoms with E-state index in [9.17, 15) is 14.4 Å². The van der Waals surface area contributed by atoms with Gasteiger partial charge in [0.25, 0.3) is 5.91 Å². The molecule has 0 saturated carbocycles. The molecule has 1 saturated heterocycles. The molecule has 0 N–H and O–H groups in total. The SMILES string of the molecule is O=C(CCC(=O)N1C[C@@H](C(=O)N2CCCCC2)Oc2ccccc21)c1ccccc1. The van der Waals surface area contributed by atoms with Gasteiger partial charge in [-0.3, -0.25) is 14.4 Å². The van der Waals surface area contributed by atoms with E-state index >= 15 is 0 Å². The second-order valence-electron chi connectivity index (χ2n) is 7.75. The van der Waals surface area contributed by atoms with Crippen LogP contribution in [0.25, 0.3) is 0 Å². The van der Waals surface area contributed by atoms with Crippen LogP contribution in [0.5, 0.6) is 5.75 Å². The van der Waals surface area contributed by atoms with Crippen LogP contribution in [0.1, 0.15) is 42.5 Å². The second kappa shape index (κ2) is 9.11. The van der Waals surface area contributed by atoms with Crippen molar-refractivity contribution in [2.24, 2.45) is 0 Å². The van der Waals surface area contributed by atoms with Gasteiger partial charge in [-0.25, -0.2) is 0 Å². The third-order valence-corrected chi connectivity index (χ3v) is 5.68. The number of nitrogens with zero attached hydrogens (tertiary/aromatic N) is 2. The van der Waals surface area contributed by atoms with Gasteiger partial charge in [0.2, 0.25) is 5.91 Å². The molecule has 0 radical (unpaired) electrons. The summed E-state index contributed by atoms with van der Waals surface area (Å²) in [5.74, 6) is 0.224. The van der Waals surface area contributed by atoms with E-state index in [1.807, 2.05) is 41.3 Å². The number of fused-ring (bicyclic) bond motifs is 1. The van der Waals surface area contributed by atoms with Gasteiger partial charge in [-0.2, -0.15) is 0 Å². The summed E-state index contributed by atoms with van der Waals surface area (Å²) in [6.45, 7) is 1.64. The van der Waals surface area contributed by atoms with Crippen molar-refractivity contribution < 1.29 is 19.1 Å². The molecule has 2 aliphatic rings. The molecule has 2 amide bonds. The molecule has 4 rings (SSSR count). The maximum atomic E-state index is 13.0. The van der Waals surface area contributed by atoms with Crippen molar-refractivity contribution in [2.75, 3.05) is 24.5 Å². The molecule has 156 valence electrons. The molecule has 6 nitrogen and oxygen atoms in total. The fraction of sp³-hybridized carbons (Fsp3) is 0.375. The van der Waals surface area contributed by atoms with Gasteiger partial charge < -0.3 is 14.5 Å². The van der Waals surface area contributed by atoms with Gasteiger partial charge in [-0.15, -0.1) is 0 Å². The Bertz CT molecular complexity index is 922. The van der Waals surface area contributed by atoms with Gasteiger partial charge >= 0.3 is 0 Å². The number of benzene rings is 2. The number of amides is 2. The number of Topliss-reactive ketones (excluding diaryl/α,β-unsaturated/α-hetero) is 1. The number of likely N-dealkylation sites (tertiary alicyclic amines) is 1. The number of ether oxygens (including phenoxy) is 1. The first-order valence-electron chi connectivity index (χ1n) is 10.6. The minimum atomic E-state index is -0.716. The number of piperidine rings is 1. The smallest absolute Gasteiger partial charge is 0.265 e. The van der Waals surface area contributed by atoms with E-state index in [2.05, 4.69) is 0 Å². The quantitative estimate of drug-likeness (QED) is 0.714. The van der Waals surface area contributed by atoms with E-state index in [1.165, 1.54) is 0 Å². The largest absolute Gasteiger partial charge is 0.476 e. The number of ketones is 1. The molecule has 2 heterocycles. The summed E-state index contributed by atoms with van der Waals surface area (Å²) in [6, 6.07) is 16.2. The average Bonchev–Trinajstić information content (AvgIpc) is 2.82. The van der Waals surface area contributed by atoms with Gasteiger partial charge in [0.1, 0.15) is 5.75 Å². The van der Waals surface area contributed by atoms with Gasteiger partial charge in [0.05, 0.1) is 12.2 Å². The Hall–Kier alpha value is -3.15. The Labute approximate surface area is 176 Å². The third kappa shape index (κ3) is 4.37. The van der Waals surface area contributed by atoms with Crippen molar-refractivity contribution >= 4 is 23.3 Å². The van der Waals surface area contributed by atoms with Crippen molar-refractivity contribution in [3.8, 4) is 5.75 Å². The maximum absolute atomic E-state index is 13.0. The predicted octanol–water partition coefficient (Wildman–Crippen LogP) is 3.46. The van der Waals surface area contributed by atoms with Crippen LogP contribution in [0.15, 0.2) is 54.6 Å². The summed E-state index contributed by atoms with van der Waals surface area (Å²) in [5.41, 5.74) is 1.25. The van der Waals surface area contributed by atoms with Crippen molar-refractivity contribution in [1.82, 2.24) is 4.90 Å². The highest BCUT2D eigenvalue weighted by Gasteiger charge is 2.36. The number of carbonyl (C=O) groups excluding carboxylic acids is 3. The van der Waals surface area contributed by atoms with Gasteiger partial charge in [0.15, 0.2) is 11.9 Å². The summed E-state index contributed by atoms with van der Waals surface area (Å²) in [7, 11) is 0. The molecule has 0 aliphatic carbocycles. The first-order chi connectivity index (χ1) is 14.6. The van der Waals surface area contributed by atoms with Crippen LogP contribution in [0.2, 0.25) is 0 Å². The molecular weight excluding hydrogens is 380 g/mol. The lowest BCUT2D eigenvalue weighted by molar-refractivity contribution is -0.139. The Morgan fingerprint density at radius 1 is 0.867 bits per heavy atom. The summed E-state index contributed by atoms with van der Waals surface area (Å²) in [6.07, 6.45) is 2.64. The number of rotatable bonds is 5. The third-order valence-electron chi connectivity index (χ3n) is 5.68. The van der Waals surface area contributed by atoms with Crippen molar-refractivity contribution in [3.05, 3.63) is 60.2 Å². The zero-order chi connectivity index (χ0) is 20.9. The number of para-hydroxylation sites is 2. The number of hydrogen-bond acceptors (Lipinski definition) is 4. The van der Waals surface area contributed by atoms with Gasteiger partial charge in [-0.05, 0) is 31.4 Å². The molecule has 1 fully saturated rings. The minimum Gasteiger partial charge on any atom is -0.476 e. The standard InChI is InChI=1S/C24H26N2O4/c27-20(18-9-3-1-4-10-18)13-14-23(28)26-17-22(24(29)25-15-7-2-8-16-25)30-21-12-6-5-11-19(21)26/h1,3-6,9-12,22H,2,7-8,13-17H2/t22-/m0/s1. The highest BCUT2D eigenvalue weighted by atomic mass is 16.5. The number of anilines is 1. The summed E-state index contributed by atoms with van der Waals surface area (Å²) in [5, 5.41) is 0. The molecule has 1 atom stereocenters. The Morgan fingerprint density at radius 3 is 2.33 bits per heavy atom. The lowest BCUT2D eigenvalue weighted by Gasteiger charge is -2.37. The van der Waals surface area contributed by atoms with Crippen LogP contribution in [0.4, 0.5) is 5.69 Å². The van der Waals surface area contributed by atoms with E-state index in [0.717, 1.165) is 32.4 Å². The predicted molar refractivity (Wildman–Crippen MR) is 114 cm³/mol.